The number of ketones is 1. The quantitative estimate of drug-likeness (QED) is 0.617. The Balaban J connectivity index is 2.02. The summed E-state index contributed by atoms with van der Waals surface area (Å²) in [5.41, 5.74) is 7.92. The summed E-state index contributed by atoms with van der Waals surface area (Å²) in [6.07, 6.45) is 0.683. The van der Waals surface area contributed by atoms with Crippen LogP contribution in [0, 0.1) is 13.8 Å². The number of amides is 1. The molecule has 0 bridgehead atoms. The Hall–Kier alpha value is -2.15. The van der Waals surface area contributed by atoms with Crippen molar-refractivity contribution in [1.29, 1.82) is 0 Å². The maximum atomic E-state index is 12.4. The molecule has 1 heterocycles. The molecule has 0 saturated carbocycles. The Morgan fingerprint density at radius 2 is 2.00 bits per heavy atom. The number of primary amides is 1. The number of carbonyl (C=O) groups excluding carboxylic acids is 2. The second-order valence-corrected chi connectivity index (χ2v) is 6.40. The maximum Gasteiger partial charge on any atom is 0.217 e. The predicted octanol–water partition coefficient (Wildman–Crippen LogP) is 1.82. The van der Waals surface area contributed by atoms with Crippen LogP contribution in [0.1, 0.15) is 33.7 Å². The Morgan fingerprint density at radius 3 is 2.70 bits per heavy atom. The van der Waals surface area contributed by atoms with Crippen LogP contribution in [-0.4, -0.2) is 32.2 Å². The van der Waals surface area contributed by atoms with Gasteiger partial charge >= 0.3 is 0 Å². The van der Waals surface area contributed by atoms with Crippen molar-refractivity contribution in [2.45, 2.75) is 31.8 Å². The first-order valence-corrected chi connectivity index (χ1v) is 8.27. The fraction of sp³-hybridized carbons (Fsp3) is 0.375. The van der Waals surface area contributed by atoms with E-state index >= 15 is 0 Å². The summed E-state index contributed by atoms with van der Waals surface area (Å²) >= 11 is 1.34. The lowest BCUT2D eigenvalue weighted by molar-refractivity contribution is -0.118. The first-order chi connectivity index (χ1) is 10.9. The van der Waals surface area contributed by atoms with E-state index in [9.17, 15) is 9.59 Å². The number of Topliss-reactive ketones (excluding diaryl/α,β-unsaturated/α-hetero) is 1. The topological polar surface area (TPSA) is 90.9 Å². The summed E-state index contributed by atoms with van der Waals surface area (Å²) in [4.78, 5) is 23.2. The normalized spacial score (nSPS) is 10.7. The van der Waals surface area contributed by atoms with Crippen LogP contribution in [0.15, 0.2) is 23.4 Å². The molecule has 0 aliphatic rings. The Bertz CT molecular complexity index is 740. The maximum absolute atomic E-state index is 12.4. The highest BCUT2D eigenvalue weighted by atomic mass is 32.2. The highest BCUT2D eigenvalue weighted by Gasteiger charge is 2.14. The van der Waals surface area contributed by atoms with Crippen molar-refractivity contribution < 1.29 is 9.59 Å². The number of aromatic nitrogens is 3. The van der Waals surface area contributed by atoms with Crippen molar-refractivity contribution in [2.24, 2.45) is 12.8 Å². The minimum atomic E-state index is -0.368. The predicted molar refractivity (Wildman–Crippen MR) is 89.5 cm³/mol. The van der Waals surface area contributed by atoms with Crippen LogP contribution in [0.4, 0.5) is 0 Å². The standard InChI is InChI=1S/C16H20N4O2S/c1-10-4-5-11(2)12(8-10)13(21)9-23-16-19-18-15(20(16)3)7-6-14(17)22/h4-5,8H,6-7,9H2,1-3H3,(H2,17,22). The molecule has 2 aromatic rings. The molecular formula is C16H20N4O2S. The van der Waals surface area contributed by atoms with Gasteiger partial charge in [-0.05, 0) is 25.5 Å². The average molecular weight is 332 g/mol. The van der Waals surface area contributed by atoms with Crippen molar-refractivity contribution in [2.75, 3.05) is 5.75 Å². The summed E-state index contributed by atoms with van der Waals surface area (Å²) in [7, 11) is 1.82. The van der Waals surface area contributed by atoms with E-state index in [0.29, 0.717) is 23.2 Å². The van der Waals surface area contributed by atoms with E-state index in [1.54, 1.807) is 4.57 Å². The summed E-state index contributed by atoms with van der Waals surface area (Å²) < 4.78 is 1.80. The van der Waals surface area contributed by atoms with Crippen LogP contribution in [-0.2, 0) is 18.3 Å². The summed E-state index contributed by atoms with van der Waals surface area (Å²) in [6.45, 7) is 3.90. The average Bonchev–Trinajstić information content (AvgIpc) is 2.85. The number of aryl methyl sites for hydroxylation is 3. The molecule has 122 valence electrons. The van der Waals surface area contributed by atoms with Crippen molar-refractivity contribution in [1.82, 2.24) is 14.8 Å². The molecule has 7 heteroatoms. The lowest BCUT2D eigenvalue weighted by atomic mass is 10.0. The van der Waals surface area contributed by atoms with Crippen molar-refractivity contribution in [3.05, 3.63) is 40.7 Å². The van der Waals surface area contributed by atoms with Crippen LogP contribution in [0.2, 0.25) is 0 Å². The monoisotopic (exact) mass is 332 g/mol. The van der Waals surface area contributed by atoms with Crippen LogP contribution >= 0.6 is 11.8 Å². The van der Waals surface area contributed by atoms with Crippen LogP contribution in [0.25, 0.3) is 0 Å². The number of nitrogens with zero attached hydrogens (tertiary/aromatic N) is 3. The molecule has 0 atom stereocenters. The third kappa shape index (κ3) is 4.41. The van der Waals surface area contributed by atoms with Gasteiger partial charge in [0.15, 0.2) is 10.9 Å². The van der Waals surface area contributed by atoms with Gasteiger partial charge in [-0.2, -0.15) is 0 Å². The molecule has 0 radical (unpaired) electrons. The van der Waals surface area contributed by atoms with Gasteiger partial charge in [-0.25, -0.2) is 0 Å². The second-order valence-electron chi connectivity index (χ2n) is 5.45. The van der Waals surface area contributed by atoms with Gasteiger partial charge in [-0.15, -0.1) is 10.2 Å². The van der Waals surface area contributed by atoms with Crippen LogP contribution < -0.4 is 5.73 Å². The highest BCUT2D eigenvalue weighted by Crippen LogP contribution is 2.20. The van der Waals surface area contributed by atoms with Crippen molar-refractivity contribution >= 4 is 23.5 Å². The number of hydrogen-bond acceptors (Lipinski definition) is 5. The molecule has 23 heavy (non-hydrogen) atoms. The fourth-order valence-corrected chi connectivity index (χ4v) is 2.98. The third-order valence-electron chi connectivity index (χ3n) is 3.55. The molecule has 0 unspecified atom stereocenters. The largest absolute Gasteiger partial charge is 0.370 e. The summed E-state index contributed by atoms with van der Waals surface area (Å²) in [5, 5.41) is 8.77. The number of nitrogens with two attached hydrogens (primary N) is 1. The SMILES string of the molecule is Cc1ccc(C)c(C(=O)CSc2nnc(CCC(N)=O)n2C)c1. The lowest BCUT2D eigenvalue weighted by Crippen LogP contribution is -2.13. The van der Waals surface area contributed by atoms with Crippen molar-refractivity contribution in [3.8, 4) is 0 Å². The summed E-state index contributed by atoms with van der Waals surface area (Å²) in [6, 6.07) is 5.86. The number of thioether (sulfide) groups is 1. The molecule has 1 aromatic heterocycles. The fourth-order valence-electron chi connectivity index (χ4n) is 2.17. The Kier molecular flexibility index (Phi) is 5.54. The molecule has 0 saturated heterocycles. The van der Waals surface area contributed by atoms with Gasteiger partial charge < -0.3 is 10.3 Å². The zero-order chi connectivity index (χ0) is 17.0. The molecule has 0 aliphatic heterocycles. The molecule has 2 rings (SSSR count). The van der Waals surface area contributed by atoms with E-state index in [0.717, 1.165) is 16.7 Å². The van der Waals surface area contributed by atoms with E-state index in [1.165, 1.54) is 11.8 Å². The van der Waals surface area contributed by atoms with Gasteiger partial charge in [0.2, 0.25) is 5.91 Å². The summed E-state index contributed by atoms with van der Waals surface area (Å²) in [5.74, 6) is 0.683. The Morgan fingerprint density at radius 1 is 1.26 bits per heavy atom. The Labute approximate surface area is 139 Å². The minimum absolute atomic E-state index is 0.0675. The van der Waals surface area contributed by atoms with Gasteiger partial charge in [0.25, 0.3) is 0 Å². The van der Waals surface area contributed by atoms with E-state index in [1.807, 2.05) is 39.1 Å². The molecule has 1 aromatic carbocycles. The smallest absolute Gasteiger partial charge is 0.217 e. The van der Waals surface area contributed by atoms with Gasteiger partial charge in [0.05, 0.1) is 5.75 Å². The zero-order valence-corrected chi connectivity index (χ0v) is 14.3. The lowest BCUT2D eigenvalue weighted by Gasteiger charge is -2.06. The molecule has 1 amide bonds. The zero-order valence-electron chi connectivity index (χ0n) is 13.5. The molecular weight excluding hydrogens is 312 g/mol. The highest BCUT2D eigenvalue weighted by molar-refractivity contribution is 7.99. The van der Waals surface area contributed by atoms with Gasteiger partial charge in [-0.1, -0.05) is 29.5 Å². The molecule has 0 fully saturated rings. The second kappa shape index (κ2) is 7.41. The van der Waals surface area contributed by atoms with E-state index in [2.05, 4.69) is 10.2 Å². The first kappa shape index (κ1) is 17.2. The number of rotatable bonds is 7. The molecule has 0 spiro atoms. The van der Waals surface area contributed by atoms with Gasteiger partial charge in [-0.3, -0.25) is 9.59 Å². The van der Waals surface area contributed by atoms with Gasteiger partial charge in [0.1, 0.15) is 5.82 Å². The van der Waals surface area contributed by atoms with E-state index in [4.69, 9.17) is 5.73 Å². The van der Waals surface area contributed by atoms with Crippen LogP contribution in [0.5, 0.6) is 0 Å². The van der Waals surface area contributed by atoms with Crippen LogP contribution in [0.3, 0.4) is 0 Å². The molecule has 0 aliphatic carbocycles. The number of carbonyl (C=O) groups is 2. The molecule has 6 nitrogen and oxygen atoms in total. The number of benzene rings is 1. The number of hydrogen-bond donors (Lipinski definition) is 1. The van der Waals surface area contributed by atoms with E-state index in [-0.39, 0.29) is 18.1 Å². The first-order valence-electron chi connectivity index (χ1n) is 7.28. The minimum Gasteiger partial charge on any atom is -0.370 e. The van der Waals surface area contributed by atoms with Crippen molar-refractivity contribution in [3.63, 3.8) is 0 Å². The third-order valence-corrected chi connectivity index (χ3v) is 4.57. The van der Waals surface area contributed by atoms with Gasteiger partial charge in [0, 0.05) is 25.5 Å². The van der Waals surface area contributed by atoms with E-state index < -0.39 is 0 Å². The molecule has 2 N–H and O–H groups in total.